The Bertz CT molecular complexity index is 762. The highest BCUT2D eigenvalue weighted by atomic mass is 79.9. The van der Waals surface area contributed by atoms with Crippen LogP contribution < -0.4 is 10.7 Å². The third kappa shape index (κ3) is 1.28. The molecule has 0 radical (unpaired) electrons. The van der Waals surface area contributed by atoms with Crippen LogP contribution in [0.25, 0.3) is 0 Å². The lowest BCUT2D eigenvalue weighted by atomic mass is 9.93. The van der Waals surface area contributed by atoms with Gasteiger partial charge in [-0.05, 0) is 11.6 Å². The summed E-state index contributed by atoms with van der Waals surface area (Å²) in [6.07, 6.45) is 0. The van der Waals surface area contributed by atoms with E-state index in [1.54, 1.807) is 0 Å². The van der Waals surface area contributed by atoms with Gasteiger partial charge in [-0.3, -0.25) is 5.73 Å². The number of nitrogens with zero attached hydrogens (tertiary/aromatic N) is 2. The number of nitrogens with two attached hydrogens (primary N) is 1. The summed E-state index contributed by atoms with van der Waals surface area (Å²) in [7, 11) is 2.84. The molecule has 1 aromatic carbocycles. The largest absolute Gasteiger partial charge is 0.342 e. The van der Waals surface area contributed by atoms with Crippen LogP contribution in [0.3, 0.4) is 0 Å². The normalized spacial score (nSPS) is 34.2. The highest BCUT2D eigenvalue weighted by molar-refractivity contribution is 9.10. The van der Waals surface area contributed by atoms with Crippen molar-refractivity contribution in [1.82, 2.24) is 0 Å². The van der Waals surface area contributed by atoms with Gasteiger partial charge in [0.2, 0.25) is 0 Å². The first kappa shape index (κ1) is 15.0. The molecule has 2 aliphatic rings. The van der Waals surface area contributed by atoms with E-state index in [-0.39, 0.29) is 5.84 Å². The Kier molecular flexibility index (Phi) is 3.09. The van der Waals surface area contributed by atoms with Gasteiger partial charge in [-0.1, -0.05) is 34.1 Å². The number of halogens is 1. The molecule has 0 spiro atoms. The fourth-order valence-corrected chi connectivity index (χ4v) is 4.30. The fraction of sp³-hybridized carbons (Fsp3) is 0.400. The van der Waals surface area contributed by atoms with Crippen LogP contribution in [0, 0.1) is 33.5 Å². The van der Waals surface area contributed by atoms with Crippen molar-refractivity contribution in [2.45, 2.75) is 11.8 Å². The van der Waals surface area contributed by atoms with E-state index < -0.39 is 22.7 Å². The SMILES string of the molecule is COC1(OC)[NH+]=C(N)[C@@]2(C#N)[C@H](c3ccccc3Br)[C@@]12C#N. The lowest BCUT2D eigenvalue weighted by molar-refractivity contribution is -0.687. The van der Waals surface area contributed by atoms with Gasteiger partial charge in [-0.2, -0.15) is 10.5 Å². The second-order valence-corrected chi connectivity index (χ2v) is 6.21. The van der Waals surface area contributed by atoms with Crippen LogP contribution >= 0.6 is 15.9 Å². The van der Waals surface area contributed by atoms with Crippen LogP contribution in [0.1, 0.15) is 11.5 Å². The lowest BCUT2D eigenvalue weighted by Gasteiger charge is -2.27. The molecule has 3 atom stereocenters. The van der Waals surface area contributed by atoms with Gasteiger partial charge in [0.1, 0.15) is 0 Å². The van der Waals surface area contributed by atoms with E-state index in [2.05, 4.69) is 33.1 Å². The first-order chi connectivity index (χ1) is 10.5. The summed E-state index contributed by atoms with van der Waals surface area (Å²) in [6.45, 7) is 0. The molecule has 1 aliphatic heterocycles. The van der Waals surface area contributed by atoms with Crippen LogP contribution in [0.2, 0.25) is 0 Å². The van der Waals surface area contributed by atoms with Gasteiger partial charge < -0.3 is 9.47 Å². The third-order valence-corrected chi connectivity index (χ3v) is 5.51. The van der Waals surface area contributed by atoms with Crippen molar-refractivity contribution in [3.8, 4) is 12.1 Å². The molecule has 1 aliphatic carbocycles. The molecule has 1 aromatic rings. The molecular formula is C15H14BrN4O2+. The first-order valence-corrected chi connectivity index (χ1v) is 7.39. The average molecular weight is 362 g/mol. The zero-order chi connectivity index (χ0) is 16.2. The van der Waals surface area contributed by atoms with Crippen molar-refractivity contribution < 1.29 is 14.5 Å². The number of nitrogens with one attached hydrogen (secondary N) is 1. The van der Waals surface area contributed by atoms with Crippen molar-refractivity contribution in [2.75, 3.05) is 14.2 Å². The Labute approximate surface area is 136 Å². The minimum Gasteiger partial charge on any atom is -0.317 e. The van der Waals surface area contributed by atoms with Crippen LogP contribution in [-0.2, 0) is 9.47 Å². The van der Waals surface area contributed by atoms with E-state index >= 15 is 0 Å². The number of methoxy groups -OCH3 is 2. The number of rotatable bonds is 3. The van der Waals surface area contributed by atoms with Crippen LogP contribution in [0.15, 0.2) is 28.7 Å². The smallest absolute Gasteiger partial charge is 0.317 e. The monoisotopic (exact) mass is 361 g/mol. The van der Waals surface area contributed by atoms with Crippen molar-refractivity contribution in [2.24, 2.45) is 16.6 Å². The van der Waals surface area contributed by atoms with Gasteiger partial charge >= 0.3 is 5.91 Å². The van der Waals surface area contributed by atoms with Gasteiger partial charge in [0.05, 0.1) is 12.1 Å². The molecule has 0 aromatic heterocycles. The molecule has 3 rings (SSSR count). The zero-order valence-electron chi connectivity index (χ0n) is 12.1. The van der Waals surface area contributed by atoms with Gasteiger partial charge in [0.15, 0.2) is 10.8 Å². The molecule has 1 heterocycles. The summed E-state index contributed by atoms with van der Waals surface area (Å²) >= 11 is 3.48. The van der Waals surface area contributed by atoms with Gasteiger partial charge in [-0.25, -0.2) is 4.99 Å². The van der Waals surface area contributed by atoms with Crippen molar-refractivity contribution >= 4 is 21.8 Å². The molecule has 0 unspecified atom stereocenters. The Balaban J connectivity index is 2.29. The summed E-state index contributed by atoms with van der Waals surface area (Å²) in [5, 5.41) is 19.7. The van der Waals surface area contributed by atoms with Gasteiger partial charge in [0, 0.05) is 24.6 Å². The summed E-state index contributed by atoms with van der Waals surface area (Å²) in [5.74, 6) is -1.71. The topological polar surface area (TPSA) is 106 Å². The highest BCUT2D eigenvalue weighted by Crippen LogP contribution is 2.79. The van der Waals surface area contributed by atoms with Crippen molar-refractivity contribution in [3.05, 3.63) is 34.3 Å². The number of amidine groups is 1. The molecule has 112 valence electrons. The maximum atomic E-state index is 9.92. The standard InChI is InChI=1S/C15H13BrN4O2/c1-21-15(22-2)14(8-18)11(9-5-3-4-6-10(9)16)13(14,7-17)12(19)20-15/h3-6,11H,1-2H3,(H2,19,20)/p+1/t11-,13+,14+/m0/s1. The van der Waals surface area contributed by atoms with Gasteiger partial charge in [0.25, 0.3) is 5.84 Å². The maximum Gasteiger partial charge on any atom is 0.342 e. The highest BCUT2D eigenvalue weighted by Gasteiger charge is 2.97. The van der Waals surface area contributed by atoms with Gasteiger partial charge in [-0.15, -0.1) is 0 Å². The Morgan fingerprint density at radius 1 is 1.23 bits per heavy atom. The second kappa shape index (κ2) is 4.53. The van der Waals surface area contributed by atoms with E-state index in [1.165, 1.54) is 14.2 Å². The number of hydrogen-bond acceptors (Lipinski definition) is 5. The molecule has 3 N–H and O–H groups in total. The fourth-order valence-electron chi connectivity index (χ4n) is 3.79. The van der Waals surface area contributed by atoms with Crippen LogP contribution in [0.5, 0.6) is 0 Å². The summed E-state index contributed by atoms with van der Waals surface area (Å²) in [6, 6.07) is 11.9. The number of nitriles is 2. The Morgan fingerprint density at radius 2 is 1.86 bits per heavy atom. The molecular weight excluding hydrogens is 348 g/mol. The minimum atomic E-state index is -1.46. The number of benzene rings is 1. The second-order valence-electron chi connectivity index (χ2n) is 5.36. The van der Waals surface area contributed by atoms with Crippen LogP contribution in [-0.4, -0.2) is 26.0 Å². The van der Waals surface area contributed by atoms with Crippen molar-refractivity contribution in [3.63, 3.8) is 0 Å². The lowest BCUT2D eigenvalue weighted by Crippen LogP contribution is -2.90. The minimum absolute atomic E-state index is 0.195. The predicted molar refractivity (Wildman–Crippen MR) is 79.9 cm³/mol. The molecule has 7 heteroatoms. The number of ether oxygens (including phenoxy) is 2. The maximum absolute atomic E-state index is 9.92. The molecule has 0 saturated heterocycles. The van der Waals surface area contributed by atoms with Crippen LogP contribution in [0.4, 0.5) is 0 Å². The zero-order valence-corrected chi connectivity index (χ0v) is 13.6. The van der Waals surface area contributed by atoms with E-state index in [4.69, 9.17) is 15.2 Å². The predicted octanol–water partition coefficient (Wildman–Crippen LogP) is -0.0357. The number of fused-ring (bicyclic) bond motifs is 1. The van der Waals surface area contributed by atoms with E-state index in [0.29, 0.717) is 0 Å². The van der Waals surface area contributed by atoms with E-state index in [0.717, 1.165) is 10.0 Å². The quantitative estimate of drug-likeness (QED) is 0.735. The number of hydrogen-bond donors (Lipinski definition) is 2. The van der Waals surface area contributed by atoms with Crippen molar-refractivity contribution in [1.29, 1.82) is 10.5 Å². The Morgan fingerprint density at radius 3 is 2.36 bits per heavy atom. The first-order valence-electron chi connectivity index (χ1n) is 6.59. The summed E-state index contributed by atoms with van der Waals surface area (Å²) < 4.78 is 11.7. The molecule has 1 saturated carbocycles. The molecule has 0 bridgehead atoms. The van der Waals surface area contributed by atoms with E-state index in [9.17, 15) is 10.5 Å². The Hall–Kier alpha value is -1.93. The average Bonchev–Trinajstić information content (AvgIpc) is 3.10. The van der Waals surface area contributed by atoms with E-state index in [1.807, 2.05) is 24.3 Å². The summed E-state index contributed by atoms with van der Waals surface area (Å²) in [4.78, 5) is 2.86. The molecule has 22 heavy (non-hydrogen) atoms. The summed E-state index contributed by atoms with van der Waals surface area (Å²) in [5.41, 5.74) is 4.46. The molecule has 1 fully saturated rings. The molecule has 6 nitrogen and oxygen atoms in total. The third-order valence-electron chi connectivity index (χ3n) is 4.79. The molecule has 0 amide bonds.